The number of imidazole rings is 1. The molecule has 0 radical (unpaired) electrons. The second-order valence-electron chi connectivity index (χ2n) is 5.11. The summed E-state index contributed by atoms with van der Waals surface area (Å²) in [5, 5.41) is 4.33. The van der Waals surface area contributed by atoms with Crippen LogP contribution >= 0.6 is 0 Å². The maximum absolute atomic E-state index is 13.6. The molecule has 2 N–H and O–H groups in total. The van der Waals surface area contributed by atoms with Crippen LogP contribution in [0.25, 0.3) is 11.0 Å². The van der Waals surface area contributed by atoms with Gasteiger partial charge in [0.15, 0.2) is 0 Å². The van der Waals surface area contributed by atoms with Gasteiger partial charge in [-0.05, 0) is 44.2 Å². The molecule has 1 aliphatic rings. The summed E-state index contributed by atoms with van der Waals surface area (Å²) >= 11 is 0. The highest BCUT2D eigenvalue weighted by Crippen LogP contribution is 2.43. The van der Waals surface area contributed by atoms with Gasteiger partial charge >= 0.3 is 6.18 Å². The molecule has 3 rings (SSSR count). The number of nitrogens with zero attached hydrogens (tertiary/aromatic N) is 2. The van der Waals surface area contributed by atoms with Crippen LogP contribution in [0.4, 0.5) is 19.1 Å². The van der Waals surface area contributed by atoms with Crippen molar-refractivity contribution < 1.29 is 18.0 Å². The maximum Gasteiger partial charge on any atom is 0.435 e. The van der Waals surface area contributed by atoms with Gasteiger partial charge in [-0.2, -0.15) is 13.2 Å². The van der Waals surface area contributed by atoms with E-state index >= 15 is 0 Å². The summed E-state index contributed by atoms with van der Waals surface area (Å²) < 4.78 is 41.6. The van der Waals surface area contributed by atoms with Crippen molar-refractivity contribution >= 4 is 22.9 Å². The molecule has 5 nitrogen and oxygen atoms in total. The normalized spacial score (nSPS) is 21.7. The molecule has 1 amide bonds. The molecule has 0 fully saturated rings. The Bertz CT molecular complexity index is 765. The standard InChI is InChI=1S/C13H13F3N4O/c1-6-4-8-9(5-7(6)2)20-11(18-8)19-10(21)12(20,17-3)13(14,15)16/h4-5,17H,1-3H3,(H,18,19,21). The van der Waals surface area contributed by atoms with E-state index in [1.54, 1.807) is 19.1 Å². The Labute approximate surface area is 118 Å². The summed E-state index contributed by atoms with van der Waals surface area (Å²) in [6.45, 7) is 3.65. The topological polar surface area (TPSA) is 59.0 Å². The van der Waals surface area contributed by atoms with Crippen molar-refractivity contribution in [1.82, 2.24) is 14.9 Å². The number of halogens is 3. The van der Waals surface area contributed by atoms with E-state index in [1.807, 2.05) is 6.92 Å². The van der Waals surface area contributed by atoms with Gasteiger partial charge in [0.2, 0.25) is 5.95 Å². The SMILES string of the molecule is CNC1(C(F)(F)F)C(=O)Nc2nc3cc(C)c(C)cc3n21. The zero-order chi connectivity index (χ0) is 15.6. The summed E-state index contributed by atoms with van der Waals surface area (Å²) in [6.07, 6.45) is -4.80. The Morgan fingerprint density at radius 2 is 1.90 bits per heavy atom. The molecule has 2 heterocycles. The molecule has 8 heteroatoms. The number of benzene rings is 1. The van der Waals surface area contributed by atoms with E-state index in [4.69, 9.17) is 0 Å². The van der Waals surface area contributed by atoms with Gasteiger partial charge in [0.1, 0.15) is 0 Å². The van der Waals surface area contributed by atoms with Crippen LogP contribution in [0.5, 0.6) is 0 Å². The van der Waals surface area contributed by atoms with Gasteiger partial charge in [-0.1, -0.05) is 0 Å². The van der Waals surface area contributed by atoms with Crippen molar-refractivity contribution in [3.63, 3.8) is 0 Å². The summed E-state index contributed by atoms with van der Waals surface area (Å²) in [5.41, 5.74) is -0.404. The lowest BCUT2D eigenvalue weighted by Crippen LogP contribution is -2.60. The Hall–Kier alpha value is -2.09. The molecular weight excluding hydrogens is 285 g/mol. The molecule has 1 aromatic carbocycles. The fourth-order valence-corrected chi connectivity index (χ4v) is 2.67. The van der Waals surface area contributed by atoms with Gasteiger partial charge in [-0.15, -0.1) is 0 Å². The quantitative estimate of drug-likeness (QED) is 0.847. The fourth-order valence-electron chi connectivity index (χ4n) is 2.67. The Morgan fingerprint density at radius 3 is 2.48 bits per heavy atom. The molecule has 1 atom stereocenters. The van der Waals surface area contributed by atoms with Crippen molar-refractivity contribution in [2.24, 2.45) is 0 Å². The number of amides is 1. The van der Waals surface area contributed by atoms with E-state index in [-0.39, 0.29) is 11.5 Å². The van der Waals surface area contributed by atoms with Gasteiger partial charge in [-0.25, -0.2) is 4.98 Å². The second-order valence-corrected chi connectivity index (χ2v) is 5.11. The second kappa shape index (κ2) is 3.97. The number of rotatable bonds is 1. The van der Waals surface area contributed by atoms with Crippen molar-refractivity contribution in [2.75, 3.05) is 12.4 Å². The number of hydrogen-bond donors (Lipinski definition) is 2. The molecule has 0 aliphatic carbocycles. The van der Waals surface area contributed by atoms with E-state index in [0.29, 0.717) is 5.52 Å². The van der Waals surface area contributed by atoms with Gasteiger partial charge in [-0.3, -0.25) is 20.0 Å². The van der Waals surface area contributed by atoms with E-state index in [1.165, 1.54) is 0 Å². The summed E-state index contributed by atoms with van der Waals surface area (Å²) in [6, 6.07) is 3.32. The molecule has 1 aromatic heterocycles. The minimum absolute atomic E-state index is 0.105. The van der Waals surface area contributed by atoms with Crippen LogP contribution < -0.4 is 10.6 Å². The fraction of sp³-hybridized carbons (Fsp3) is 0.385. The largest absolute Gasteiger partial charge is 0.435 e. The molecule has 0 spiro atoms. The average Bonchev–Trinajstić information content (AvgIpc) is 2.82. The van der Waals surface area contributed by atoms with Gasteiger partial charge in [0, 0.05) is 0 Å². The predicted molar refractivity (Wildman–Crippen MR) is 70.9 cm³/mol. The average molecular weight is 298 g/mol. The molecule has 2 aromatic rings. The summed E-state index contributed by atoms with van der Waals surface area (Å²) in [5.74, 6) is -1.29. The highest BCUT2D eigenvalue weighted by atomic mass is 19.4. The Balaban J connectivity index is 2.40. The summed E-state index contributed by atoms with van der Waals surface area (Å²) in [7, 11) is 1.11. The first-order chi connectivity index (χ1) is 9.72. The Morgan fingerprint density at radius 1 is 1.29 bits per heavy atom. The van der Waals surface area contributed by atoms with Gasteiger partial charge in [0.25, 0.3) is 11.6 Å². The predicted octanol–water partition coefficient (Wildman–Crippen LogP) is 2.04. The molecule has 21 heavy (non-hydrogen) atoms. The number of hydrogen-bond acceptors (Lipinski definition) is 3. The lowest BCUT2D eigenvalue weighted by atomic mass is 10.1. The van der Waals surface area contributed by atoms with E-state index in [9.17, 15) is 18.0 Å². The van der Waals surface area contributed by atoms with E-state index < -0.39 is 17.7 Å². The van der Waals surface area contributed by atoms with Crippen LogP contribution in [-0.2, 0) is 10.5 Å². The van der Waals surface area contributed by atoms with Crippen molar-refractivity contribution in [2.45, 2.75) is 25.7 Å². The highest BCUT2D eigenvalue weighted by molar-refractivity contribution is 6.03. The smallest absolute Gasteiger partial charge is 0.292 e. The number of carbonyl (C=O) groups excluding carboxylic acids is 1. The number of carbonyl (C=O) groups is 1. The first-order valence-electron chi connectivity index (χ1n) is 6.29. The Kier molecular flexibility index (Phi) is 2.62. The summed E-state index contributed by atoms with van der Waals surface area (Å²) in [4.78, 5) is 16.0. The molecule has 112 valence electrons. The number of aromatic nitrogens is 2. The van der Waals surface area contributed by atoms with Gasteiger partial charge in [0.05, 0.1) is 11.0 Å². The van der Waals surface area contributed by atoms with Crippen molar-refractivity contribution in [1.29, 1.82) is 0 Å². The highest BCUT2D eigenvalue weighted by Gasteiger charge is 2.65. The molecular formula is C13H13F3N4O. The zero-order valence-corrected chi connectivity index (χ0v) is 11.6. The minimum atomic E-state index is -4.80. The zero-order valence-electron chi connectivity index (χ0n) is 11.6. The van der Waals surface area contributed by atoms with Crippen molar-refractivity contribution in [3.05, 3.63) is 23.3 Å². The minimum Gasteiger partial charge on any atom is -0.292 e. The lowest BCUT2D eigenvalue weighted by Gasteiger charge is -2.30. The molecule has 0 saturated heterocycles. The van der Waals surface area contributed by atoms with Crippen LogP contribution in [0.2, 0.25) is 0 Å². The van der Waals surface area contributed by atoms with Crippen molar-refractivity contribution in [3.8, 4) is 0 Å². The lowest BCUT2D eigenvalue weighted by molar-refractivity contribution is -0.215. The van der Waals surface area contributed by atoms with Crippen LogP contribution in [0, 0.1) is 13.8 Å². The number of anilines is 1. The van der Waals surface area contributed by atoms with Gasteiger partial charge < -0.3 is 0 Å². The first kappa shape index (κ1) is 13.9. The third kappa shape index (κ3) is 1.56. The van der Waals surface area contributed by atoms with E-state index in [0.717, 1.165) is 22.7 Å². The third-order valence-electron chi connectivity index (χ3n) is 3.93. The first-order valence-corrected chi connectivity index (χ1v) is 6.29. The van der Waals surface area contributed by atoms with Crippen LogP contribution in [0.3, 0.4) is 0 Å². The number of alkyl halides is 3. The van der Waals surface area contributed by atoms with E-state index in [2.05, 4.69) is 15.6 Å². The molecule has 0 bridgehead atoms. The molecule has 1 aliphatic heterocycles. The number of aryl methyl sites for hydroxylation is 2. The number of likely N-dealkylation sites (N-methyl/N-ethyl adjacent to an activating group) is 1. The number of fused-ring (bicyclic) bond motifs is 3. The number of nitrogens with one attached hydrogen (secondary N) is 2. The molecule has 1 unspecified atom stereocenters. The van der Waals surface area contributed by atoms with Crippen LogP contribution in [-0.4, -0.2) is 28.7 Å². The maximum atomic E-state index is 13.6. The third-order valence-corrected chi connectivity index (χ3v) is 3.93. The molecule has 0 saturated carbocycles. The van der Waals surface area contributed by atoms with Crippen LogP contribution in [0.1, 0.15) is 11.1 Å². The van der Waals surface area contributed by atoms with Crippen LogP contribution in [0.15, 0.2) is 12.1 Å². The monoisotopic (exact) mass is 298 g/mol.